The van der Waals surface area contributed by atoms with E-state index in [1.54, 1.807) is 17.0 Å². The van der Waals surface area contributed by atoms with Crippen molar-refractivity contribution < 1.29 is 0 Å². The summed E-state index contributed by atoms with van der Waals surface area (Å²) in [5.74, 6) is 0. The van der Waals surface area contributed by atoms with Gasteiger partial charge >= 0.3 is 5.69 Å². The lowest BCUT2D eigenvalue weighted by atomic mass is 10.2. The molecule has 2 heterocycles. The number of likely N-dealkylation sites (tertiary alicyclic amines) is 1. The van der Waals surface area contributed by atoms with Crippen LogP contribution >= 0.6 is 0 Å². The lowest BCUT2D eigenvalue weighted by Gasteiger charge is -2.21. The molecule has 0 bridgehead atoms. The van der Waals surface area contributed by atoms with Crippen LogP contribution in [0.2, 0.25) is 0 Å². The average molecular weight is 286 g/mol. The van der Waals surface area contributed by atoms with Crippen LogP contribution in [0.3, 0.4) is 0 Å². The van der Waals surface area contributed by atoms with Crippen LogP contribution in [-0.4, -0.2) is 39.6 Å². The fraction of sp³-hybridized carbons (Fsp3) is 0.438. The first-order valence-corrected chi connectivity index (χ1v) is 7.50. The quantitative estimate of drug-likeness (QED) is 0.904. The number of hydrogen-bond acceptors (Lipinski definition) is 3. The van der Waals surface area contributed by atoms with Crippen LogP contribution in [0.4, 0.5) is 5.69 Å². The Hall–Kier alpha value is -2.01. The Morgan fingerprint density at radius 1 is 1.29 bits per heavy atom. The van der Waals surface area contributed by atoms with E-state index in [9.17, 15) is 4.79 Å². The third-order valence-electron chi connectivity index (χ3n) is 4.12. The Balaban J connectivity index is 1.66. The van der Waals surface area contributed by atoms with Gasteiger partial charge in [0.1, 0.15) is 0 Å². The van der Waals surface area contributed by atoms with Crippen molar-refractivity contribution in [2.75, 3.05) is 18.4 Å². The molecule has 5 heteroatoms. The van der Waals surface area contributed by atoms with Crippen LogP contribution < -0.4 is 11.0 Å². The number of H-pyrrole nitrogens is 1. The van der Waals surface area contributed by atoms with Gasteiger partial charge in [0, 0.05) is 43.3 Å². The Labute approximate surface area is 124 Å². The van der Waals surface area contributed by atoms with E-state index in [1.165, 1.54) is 6.42 Å². The number of nitrogens with zero attached hydrogens (tertiary/aromatic N) is 2. The molecule has 1 aliphatic rings. The summed E-state index contributed by atoms with van der Waals surface area (Å²) in [6, 6.07) is 9.12. The average Bonchev–Trinajstić information content (AvgIpc) is 3.09. The minimum Gasteiger partial charge on any atom is -0.381 e. The van der Waals surface area contributed by atoms with Gasteiger partial charge in [-0.25, -0.2) is 4.79 Å². The second-order valence-corrected chi connectivity index (χ2v) is 5.90. The van der Waals surface area contributed by atoms with Gasteiger partial charge in [0.2, 0.25) is 0 Å². The molecule has 0 spiro atoms. The van der Waals surface area contributed by atoms with Crippen molar-refractivity contribution in [1.82, 2.24) is 14.5 Å². The summed E-state index contributed by atoms with van der Waals surface area (Å²) in [6.07, 6.45) is 4.56. The molecule has 1 fully saturated rings. The van der Waals surface area contributed by atoms with Crippen molar-refractivity contribution in [3.8, 4) is 5.69 Å². The van der Waals surface area contributed by atoms with Crippen LogP contribution in [0, 0.1) is 0 Å². The molecule has 112 valence electrons. The van der Waals surface area contributed by atoms with E-state index in [-0.39, 0.29) is 5.69 Å². The highest BCUT2D eigenvalue weighted by atomic mass is 16.1. The topological polar surface area (TPSA) is 53.1 Å². The van der Waals surface area contributed by atoms with Gasteiger partial charge in [-0.1, -0.05) is 0 Å². The van der Waals surface area contributed by atoms with E-state index in [4.69, 9.17) is 0 Å². The molecule has 0 radical (unpaired) electrons. The van der Waals surface area contributed by atoms with Crippen molar-refractivity contribution in [3.63, 3.8) is 0 Å². The normalized spacial score (nSPS) is 19.3. The summed E-state index contributed by atoms with van der Waals surface area (Å²) in [5, 5.41) is 3.58. The monoisotopic (exact) mass is 286 g/mol. The number of anilines is 1. The van der Waals surface area contributed by atoms with E-state index in [0.29, 0.717) is 12.1 Å². The first-order chi connectivity index (χ1) is 10.1. The largest absolute Gasteiger partial charge is 0.381 e. The molecule has 1 atom stereocenters. The number of imidazole rings is 1. The molecule has 1 aromatic carbocycles. The molecule has 1 saturated heterocycles. The molecule has 21 heavy (non-hydrogen) atoms. The molecule has 1 aromatic heterocycles. The van der Waals surface area contributed by atoms with E-state index >= 15 is 0 Å². The van der Waals surface area contributed by atoms with Gasteiger partial charge in [-0.3, -0.25) is 9.47 Å². The predicted molar refractivity (Wildman–Crippen MR) is 85.1 cm³/mol. The fourth-order valence-electron chi connectivity index (χ4n) is 2.85. The number of benzene rings is 1. The Kier molecular flexibility index (Phi) is 3.84. The highest BCUT2D eigenvalue weighted by Gasteiger charge is 2.23. The fourth-order valence-corrected chi connectivity index (χ4v) is 2.85. The summed E-state index contributed by atoms with van der Waals surface area (Å²) in [4.78, 5) is 16.7. The van der Waals surface area contributed by atoms with Crippen LogP contribution in [0.5, 0.6) is 0 Å². The molecular formula is C16H22N4O. The lowest BCUT2D eigenvalue weighted by Crippen LogP contribution is -2.31. The Morgan fingerprint density at radius 3 is 2.62 bits per heavy atom. The minimum absolute atomic E-state index is 0.112. The van der Waals surface area contributed by atoms with Crippen molar-refractivity contribution in [1.29, 1.82) is 0 Å². The third kappa shape index (κ3) is 3.03. The van der Waals surface area contributed by atoms with Gasteiger partial charge in [0.15, 0.2) is 0 Å². The van der Waals surface area contributed by atoms with Gasteiger partial charge in [0.05, 0.1) is 5.69 Å². The smallest absolute Gasteiger partial charge is 0.330 e. The second kappa shape index (κ2) is 5.77. The SMILES string of the molecule is CC(C)N1CCC(Nc2ccc(-n3cc[nH]c3=O)cc2)C1. The van der Waals surface area contributed by atoms with E-state index in [1.807, 2.05) is 24.3 Å². The first-order valence-electron chi connectivity index (χ1n) is 7.50. The zero-order chi connectivity index (χ0) is 14.8. The van der Waals surface area contributed by atoms with E-state index < -0.39 is 0 Å². The number of hydrogen-bond donors (Lipinski definition) is 2. The summed E-state index contributed by atoms with van der Waals surface area (Å²) in [5.41, 5.74) is 1.87. The van der Waals surface area contributed by atoms with Gasteiger partial charge < -0.3 is 10.3 Å². The Bertz CT molecular complexity index is 641. The van der Waals surface area contributed by atoms with Crippen LogP contribution in [0.25, 0.3) is 5.69 Å². The Morgan fingerprint density at radius 2 is 2.05 bits per heavy atom. The maximum absolute atomic E-state index is 11.6. The first kappa shape index (κ1) is 13.9. The molecule has 0 saturated carbocycles. The number of nitrogens with one attached hydrogen (secondary N) is 2. The zero-order valence-electron chi connectivity index (χ0n) is 12.5. The predicted octanol–water partition coefficient (Wildman–Crippen LogP) is 2.06. The highest BCUT2D eigenvalue weighted by Crippen LogP contribution is 2.18. The maximum Gasteiger partial charge on any atom is 0.330 e. The van der Waals surface area contributed by atoms with Gasteiger partial charge in [0.25, 0.3) is 0 Å². The molecule has 3 rings (SSSR count). The van der Waals surface area contributed by atoms with Crippen molar-refractivity contribution >= 4 is 5.69 Å². The molecule has 2 aromatic rings. The number of aromatic amines is 1. The molecule has 0 amide bonds. The second-order valence-electron chi connectivity index (χ2n) is 5.90. The van der Waals surface area contributed by atoms with Crippen molar-refractivity contribution in [2.24, 2.45) is 0 Å². The van der Waals surface area contributed by atoms with E-state index in [0.717, 1.165) is 24.5 Å². The van der Waals surface area contributed by atoms with E-state index in [2.05, 4.69) is 29.0 Å². The standard InChI is InChI=1S/C16H22N4O/c1-12(2)19-9-7-14(11-19)18-13-3-5-15(6-4-13)20-10-8-17-16(20)21/h3-6,8,10,12,14,18H,7,9,11H2,1-2H3,(H,17,21). The van der Waals surface area contributed by atoms with Crippen molar-refractivity contribution in [2.45, 2.75) is 32.4 Å². The summed E-state index contributed by atoms with van der Waals surface area (Å²) < 4.78 is 1.60. The number of aromatic nitrogens is 2. The minimum atomic E-state index is -0.112. The molecular weight excluding hydrogens is 264 g/mol. The number of rotatable bonds is 4. The third-order valence-corrected chi connectivity index (χ3v) is 4.12. The molecule has 5 nitrogen and oxygen atoms in total. The zero-order valence-corrected chi connectivity index (χ0v) is 12.5. The molecule has 1 aliphatic heterocycles. The van der Waals surface area contributed by atoms with Crippen LogP contribution in [0.1, 0.15) is 20.3 Å². The van der Waals surface area contributed by atoms with Gasteiger partial charge in [-0.2, -0.15) is 0 Å². The van der Waals surface area contributed by atoms with Gasteiger partial charge in [-0.05, 0) is 44.5 Å². The highest BCUT2D eigenvalue weighted by molar-refractivity contribution is 5.49. The van der Waals surface area contributed by atoms with Crippen molar-refractivity contribution in [3.05, 3.63) is 47.1 Å². The van der Waals surface area contributed by atoms with Crippen LogP contribution in [-0.2, 0) is 0 Å². The maximum atomic E-state index is 11.6. The summed E-state index contributed by atoms with van der Waals surface area (Å²) >= 11 is 0. The molecule has 2 N–H and O–H groups in total. The summed E-state index contributed by atoms with van der Waals surface area (Å²) in [6.45, 7) is 6.74. The molecule has 0 aliphatic carbocycles. The van der Waals surface area contributed by atoms with Gasteiger partial charge in [-0.15, -0.1) is 0 Å². The molecule has 1 unspecified atom stereocenters. The lowest BCUT2D eigenvalue weighted by molar-refractivity contribution is 0.274. The van der Waals surface area contributed by atoms with Crippen LogP contribution in [0.15, 0.2) is 41.5 Å². The summed E-state index contributed by atoms with van der Waals surface area (Å²) in [7, 11) is 0.